The highest BCUT2D eigenvalue weighted by Gasteiger charge is 2.34. The van der Waals surface area contributed by atoms with E-state index in [0.29, 0.717) is 21.3 Å². The molecular formula is C15H13F3N4S. The molecule has 1 aromatic carbocycles. The molecule has 0 radical (unpaired) electrons. The van der Waals surface area contributed by atoms with Gasteiger partial charge in [-0.1, -0.05) is 6.07 Å². The number of hydrogen-bond acceptors (Lipinski definition) is 4. The Kier molecular flexibility index (Phi) is 3.77. The number of pyridine rings is 1. The maximum absolute atomic E-state index is 13.5. The standard InChI is InChI=1S/C15H13F3N4S/c16-15(17,18)13-6-11(23-4-3-22-14(23)20)1-2-12(13)9-5-10(19)8-21-7-9/h1-8,23H,19H2,(H2,20,22). The molecule has 120 valence electrons. The van der Waals surface area contributed by atoms with E-state index in [1.165, 1.54) is 30.7 Å². The van der Waals surface area contributed by atoms with Crippen LogP contribution < -0.4 is 11.5 Å². The first-order valence-electron chi connectivity index (χ1n) is 6.57. The number of nitrogens with two attached hydrogens (primary N) is 2. The van der Waals surface area contributed by atoms with Crippen molar-refractivity contribution in [1.82, 2.24) is 4.98 Å². The van der Waals surface area contributed by atoms with Crippen LogP contribution in [0.1, 0.15) is 5.56 Å². The lowest BCUT2D eigenvalue weighted by molar-refractivity contribution is -0.137. The molecule has 1 aromatic heterocycles. The Hall–Kier alpha value is -2.48. The van der Waals surface area contributed by atoms with E-state index in [1.54, 1.807) is 11.5 Å². The second kappa shape index (κ2) is 5.62. The van der Waals surface area contributed by atoms with E-state index >= 15 is 0 Å². The van der Waals surface area contributed by atoms with Crippen molar-refractivity contribution in [1.29, 1.82) is 0 Å². The van der Waals surface area contributed by atoms with Crippen LogP contribution in [0.5, 0.6) is 0 Å². The molecule has 8 heteroatoms. The number of benzene rings is 1. The maximum Gasteiger partial charge on any atom is 0.417 e. The van der Waals surface area contributed by atoms with Gasteiger partial charge in [0.15, 0.2) is 0 Å². The highest BCUT2D eigenvalue weighted by molar-refractivity contribution is 8.32. The van der Waals surface area contributed by atoms with Gasteiger partial charge in [-0.15, -0.1) is 10.9 Å². The SMILES string of the molecule is NC1=NC=C[SH]1c1ccc(-c2cncc(N)c2)c(C(F)(F)F)c1. The normalized spacial score (nSPS) is 18.9. The van der Waals surface area contributed by atoms with Crippen LogP contribution in [0.4, 0.5) is 18.9 Å². The van der Waals surface area contributed by atoms with Gasteiger partial charge in [-0.2, -0.15) is 13.2 Å². The van der Waals surface area contributed by atoms with Crippen molar-refractivity contribution >= 4 is 21.8 Å². The molecule has 4 nitrogen and oxygen atoms in total. The third-order valence-corrected chi connectivity index (χ3v) is 5.20. The fourth-order valence-electron chi connectivity index (χ4n) is 2.31. The van der Waals surface area contributed by atoms with Gasteiger partial charge in [0.05, 0.1) is 11.3 Å². The lowest BCUT2D eigenvalue weighted by Gasteiger charge is -2.18. The van der Waals surface area contributed by atoms with E-state index in [4.69, 9.17) is 11.5 Å². The molecule has 0 saturated carbocycles. The zero-order chi connectivity index (χ0) is 16.6. The lowest BCUT2D eigenvalue weighted by Crippen LogP contribution is -2.11. The molecule has 0 bridgehead atoms. The van der Waals surface area contributed by atoms with Crippen LogP contribution in [0.25, 0.3) is 11.1 Å². The minimum Gasteiger partial charge on any atom is -0.397 e. The van der Waals surface area contributed by atoms with E-state index < -0.39 is 22.6 Å². The van der Waals surface area contributed by atoms with Gasteiger partial charge in [-0.05, 0) is 34.1 Å². The summed E-state index contributed by atoms with van der Waals surface area (Å²) in [4.78, 5) is 8.27. The van der Waals surface area contributed by atoms with Gasteiger partial charge in [0.2, 0.25) is 0 Å². The number of alkyl halides is 3. The first kappa shape index (κ1) is 15.4. The van der Waals surface area contributed by atoms with Gasteiger partial charge in [-0.3, -0.25) is 4.98 Å². The number of amidine groups is 1. The minimum absolute atomic E-state index is 0.0368. The van der Waals surface area contributed by atoms with Crippen LogP contribution in [-0.2, 0) is 6.18 Å². The fraction of sp³-hybridized carbons (Fsp3) is 0.0667. The summed E-state index contributed by atoms with van der Waals surface area (Å²) in [6, 6.07) is 5.66. The Morgan fingerprint density at radius 2 is 1.83 bits per heavy atom. The molecule has 2 heterocycles. The van der Waals surface area contributed by atoms with Crippen LogP contribution >= 0.6 is 10.9 Å². The molecule has 0 saturated heterocycles. The van der Waals surface area contributed by atoms with E-state index in [2.05, 4.69) is 9.98 Å². The monoisotopic (exact) mass is 338 g/mol. The zero-order valence-corrected chi connectivity index (χ0v) is 12.6. The van der Waals surface area contributed by atoms with Crippen molar-refractivity contribution in [2.45, 2.75) is 11.1 Å². The smallest absolute Gasteiger partial charge is 0.397 e. The Labute approximate surface area is 133 Å². The van der Waals surface area contributed by atoms with Crippen LogP contribution in [0.3, 0.4) is 0 Å². The quantitative estimate of drug-likeness (QED) is 0.733. The van der Waals surface area contributed by atoms with Gasteiger partial charge in [0.1, 0.15) is 5.17 Å². The molecule has 3 rings (SSSR count). The number of nitrogen functional groups attached to an aromatic ring is 1. The van der Waals surface area contributed by atoms with Gasteiger partial charge in [-0.25, -0.2) is 4.99 Å². The molecule has 1 aliphatic rings. The topological polar surface area (TPSA) is 77.3 Å². The number of rotatable bonds is 2. The van der Waals surface area contributed by atoms with Gasteiger partial charge in [0, 0.05) is 24.2 Å². The van der Waals surface area contributed by atoms with Crippen molar-refractivity contribution in [3.8, 4) is 11.1 Å². The number of aromatic nitrogens is 1. The first-order valence-corrected chi connectivity index (χ1v) is 7.98. The summed E-state index contributed by atoms with van der Waals surface area (Å²) in [5, 5.41) is 2.06. The maximum atomic E-state index is 13.5. The number of aliphatic imine (C=N–C) groups is 1. The lowest BCUT2D eigenvalue weighted by atomic mass is 10.0. The highest BCUT2D eigenvalue weighted by atomic mass is 32.2. The van der Waals surface area contributed by atoms with Gasteiger partial charge in [0.25, 0.3) is 0 Å². The molecule has 4 N–H and O–H groups in total. The van der Waals surface area contributed by atoms with Gasteiger partial charge < -0.3 is 11.5 Å². The van der Waals surface area contributed by atoms with Crippen LogP contribution in [0.15, 0.2) is 58.2 Å². The summed E-state index contributed by atoms with van der Waals surface area (Å²) in [6.45, 7) is 0. The van der Waals surface area contributed by atoms with E-state index in [9.17, 15) is 13.2 Å². The summed E-state index contributed by atoms with van der Waals surface area (Å²) < 4.78 is 40.4. The molecule has 0 aliphatic carbocycles. The van der Waals surface area contributed by atoms with Crippen molar-refractivity contribution in [2.75, 3.05) is 5.73 Å². The second-order valence-corrected chi connectivity index (χ2v) is 6.90. The van der Waals surface area contributed by atoms with Crippen LogP contribution in [0.2, 0.25) is 0 Å². The predicted octanol–water partition coefficient (Wildman–Crippen LogP) is 3.51. The Morgan fingerprint density at radius 3 is 2.43 bits per heavy atom. The number of hydrogen-bond donors (Lipinski definition) is 3. The van der Waals surface area contributed by atoms with E-state index in [1.807, 2.05) is 0 Å². The summed E-state index contributed by atoms with van der Waals surface area (Å²) in [7, 11) is -1.15. The molecule has 0 amide bonds. The average molecular weight is 338 g/mol. The predicted molar refractivity (Wildman–Crippen MR) is 87.1 cm³/mol. The average Bonchev–Trinajstić information content (AvgIpc) is 2.92. The van der Waals surface area contributed by atoms with Crippen molar-refractivity contribution in [3.05, 3.63) is 53.8 Å². The second-order valence-electron chi connectivity index (χ2n) is 4.89. The minimum atomic E-state index is -4.50. The Bertz CT molecular complexity index is 815. The summed E-state index contributed by atoms with van der Waals surface area (Å²) >= 11 is 0. The summed E-state index contributed by atoms with van der Waals surface area (Å²) in [6.07, 6.45) is -0.239. The van der Waals surface area contributed by atoms with Crippen LogP contribution in [0, 0.1) is 0 Å². The number of nitrogens with zero attached hydrogens (tertiary/aromatic N) is 2. The Morgan fingerprint density at radius 1 is 1.04 bits per heavy atom. The number of thiol groups is 1. The molecule has 0 fully saturated rings. The summed E-state index contributed by atoms with van der Waals surface area (Å²) in [5.41, 5.74) is 11.3. The van der Waals surface area contributed by atoms with Gasteiger partial charge >= 0.3 is 6.18 Å². The third kappa shape index (κ3) is 3.02. The Balaban J connectivity index is 2.14. The van der Waals surface area contributed by atoms with Crippen molar-refractivity contribution in [3.63, 3.8) is 0 Å². The van der Waals surface area contributed by atoms with Crippen molar-refractivity contribution in [2.24, 2.45) is 10.7 Å². The molecule has 23 heavy (non-hydrogen) atoms. The molecule has 2 aromatic rings. The van der Waals surface area contributed by atoms with E-state index in [0.717, 1.165) is 6.07 Å². The molecule has 1 aliphatic heterocycles. The third-order valence-electron chi connectivity index (χ3n) is 3.33. The van der Waals surface area contributed by atoms with Crippen molar-refractivity contribution < 1.29 is 13.2 Å². The zero-order valence-electron chi connectivity index (χ0n) is 11.7. The highest BCUT2D eigenvalue weighted by Crippen LogP contribution is 2.45. The molecule has 1 atom stereocenters. The molecule has 0 spiro atoms. The summed E-state index contributed by atoms with van der Waals surface area (Å²) in [5.74, 6) is 0. The largest absolute Gasteiger partial charge is 0.417 e. The fourth-order valence-corrected chi connectivity index (χ4v) is 3.79. The number of anilines is 1. The number of halogens is 3. The van der Waals surface area contributed by atoms with E-state index in [-0.39, 0.29) is 5.56 Å². The molecule has 1 unspecified atom stereocenters. The molecular weight excluding hydrogens is 325 g/mol. The first-order chi connectivity index (χ1) is 10.9. The van der Waals surface area contributed by atoms with Crippen LogP contribution in [-0.4, -0.2) is 10.2 Å².